The molecule has 1 fully saturated rings. The number of hydrogen-bond acceptors (Lipinski definition) is 4. The van der Waals surface area contributed by atoms with E-state index in [0.717, 1.165) is 0 Å². The van der Waals surface area contributed by atoms with Crippen molar-refractivity contribution in [3.63, 3.8) is 0 Å². The Balaban J connectivity index is 1.98. The zero-order chi connectivity index (χ0) is 13.2. The van der Waals surface area contributed by atoms with Crippen LogP contribution in [0.5, 0.6) is 5.75 Å². The van der Waals surface area contributed by atoms with Gasteiger partial charge in [0, 0.05) is 16.1 Å². The van der Waals surface area contributed by atoms with Gasteiger partial charge >= 0.3 is 0 Å². The van der Waals surface area contributed by atoms with Crippen molar-refractivity contribution in [1.82, 2.24) is 0 Å². The van der Waals surface area contributed by atoms with Gasteiger partial charge in [0.2, 0.25) is 9.05 Å². The predicted molar refractivity (Wildman–Crippen MR) is 69.3 cm³/mol. The molecule has 0 atom stereocenters. The molecule has 0 N–H and O–H groups in total. The molecule has 0 saturated carbocycles. The summed E-state index contributed by atoms with van der Waals surface area (Å²) in [5.41, 5.74) is 0.687. The number of benzene rings is 1. The maximum atomic E-state index is 11.0. The van der Waals surface area contributed by atoms with Gasteiger partial charge in [-0.15, -0.1) is 0 Å². The van der Waals surface area contributed by atoms with Gasteiger partial charge in [0.25, 0.3) is 0 Å². The molecular formula is C12H15ClO4S. The molecule has 4 nitrogen and oxygen atoms in total. The van der Waals surface area contributed by atoms with Gasteiger partial charge in [-0.2, -0.15) is 0 Å². The van der Waals surface area contributed by atoms with E-state index in [9.17, 15) is 8.42 Å². The van der Waals surface area contributed by atoms with Crippen LogP contribution in [0.3, 0.4) is 0 Å². The van der Waals surface area contributed by atoms with Crippen molar-refractivity contribution < 1.29 is 17.9 Å². The Morgan fingerprint density at radius 2 is 2.17 bits per heavy atom. The van der Waals surface area contributed by atoms with Crippen molar-refractivity contribution in [2.75, 3.05) is 19.8 Å². The largest absolute Gasteiger partial charge is 0.493 e. The second-order valence-corrected chi connectivity index (χ2v) is 7.70. The number of halogens is 1. The number of ether oxygens (including phenoxy) is 2. The molecule has 0 amide bonds. The van der Waals surface area contributed by atoms with Crippen LogP contribution in [0.25, 0.3) is 0 Å². The maximum Gasteiger partial charge on any atom is 0.236 e. The number of hydrogen-bond donors (Lipinski definition) is 0. The monoisotopic (exact) mass is 290 g/mol. The average Bonchev–Trinajstić information content (AvgIpc) is 2.22. The third kappa shape index (κ3) is 3.86. The molecule has 0 aliphatic carbocycles. The average molecular weight is 291 g/mol. The Kier molecular flexibility index (Phi) is 3.84. The minimum Gasteiger partial charge on any atom is -0.493 e. The highest BCUT2D eigenvalue weighted by molar-refractivity contribution is 8.13. The molecule has 0 spiro atoms. The highest BCUT2D eigenvalue weighted by atomic mass is 35.7. The van der Waals surface area contributed by atoms with E-state index >= 15 is 0 Å². The predicted octanol–water partition coefficient (Wildman–Crippen LogP) is 2.17. The van der Waals surface area contributed by atoms with Crippen molar-refractivity contribution >= 4 is 19.7 Å². The lowest BCUT2D eigenvalue weighted by Gasteiger charge is -2.37. The third-order valence-corrected chi connectivity index (χ3v) is 3.73. The van der Waals surface area contributed by atoms with Crippen LogP contribution in [0, 0.1) is 5.41 Å². The summed E-state index contributed by atoms with van der Waals surface area (Å²) in [6.07, 6.45) is 0. The van der Waals surface area contributed by atoms with Crippen molar-refractivity contribution in [2.24, 2.45) is 5.41 Å². The summed E-state index contributed by atoms with van der Waals surface area (Å²) in [6.45, 7) is 4.04. The van der Waals surface area contributed by atoms with E-state index in [0.29, 0.717) is 31.1 Å². The molecule has 1 aromatic carbocycles. The minimum atomic E-state index is -3.53. The first-order valence-electron chi connectivity index (χ1n) is 5.58. The van der Waals surface area contributed by atoms with Crippen LogP contribution >= 0.6 is 10.7 Å². The highest BCUT2D eigenvalue weighted by Crippen LogP contribution is 2.28. The van der Waals surface area contributed by atoms with Crippen LogP contribution in [-0.4, -0.2) is 28.2 Å². The molecule has 0 aromatic heterocycles. The topological polar surface area (TPSA) is 52.6 Å². The molecule has 1 aliphatic rings. The van der Waals surface area contributed by atoms with Crippen LogP contribution in [-0.2, 0) is 19.5 Å². The van der Waals surface area contributed by atoms with Gasteiger partial charge in [0.15, 0.2) is 0 Å². The Morgan fingerprint density at radius 3 is 2.72 bits per heavy atom. The number of rotatable bonds is 5. The Hall–Kier alpha value is -0.780. The van der Waals surface area contributed by atoms with Gasteiger partial charge in [0.1, 0.15) is 5.75 Å². The second-order valence-electron chi connectivity index (χ2n) is 4.92. The Morgan fingerprint density at radius 1 is 1.44 bits per heavy atom. The van der Waals surface area contributed by atoms with Crippen molar-refractivity contribution in [3.05, 3.63) is 29.8 Å². The van der Waals surface area contributed by atoms with Crippen LogP contribution in [0.2, 0.25) is 0 Å². The van der Waals surface area contributed by atoms with Gasteiger partial charge in [-0.25, -0.2) is 8.42 Å². The molecule has 1 heterocycles. The molecule has 1 saturated heterocycles. The van der Waals surface area contributed by atoms with Crippen molar-refractivity contribution in [3.8, 4) is 5.75 Å². The molecule has 18 heavy (non-hydrogen) atoms. The molecule has 0 radical (unpaired) electrons. The molecular weight excluding hydrogens is 276 g/mol. The fourth-order valence-corrected chi connectivity index (χ4v) is 2.67. The summed E-state index contributed by atoms with van der Waals surface area (Å²) in [6, 6.07) is 6.96. The highest BCUT2D eigenvalue weighted by Gasteiger charge is 2.34. The third-order valence-electron chi connectivity index (χ3n) is 2.73. The van der Waals surface area contributed by atoms with Crippen molar-refractivity contribution in [2.45, 2.75) is 12.7 Å². The Bertz CT molecular complexity index is 523. The molecule has 6 heteroatoms. The summed E-state index contributed by atoms with van der Waals surface area (Å²) in [5.74, 6) is 0.465. The summed E-state index contributed by atoms with van der Waals surface area (Å²) < 4.78 is 32.8. The van der Waals surface area contributed by atoms with Crippen LogP contribution in [0.4, 0.5) is 0 Å². The van der Waals surface area contributed by atoms with Gasteiger partial charge in [-0.1, -0.05) is 19.1 Å². The molecule has 100 valence electrons. The van der Waals surface area contributed by atoms with E-state index in [1.807, 2.05) is 0 Å². The van der Waals surface area contributed by atoms with E-state index in [-0.39, 0.29) is 11.2 Å². The SMILES string of the molecule is CC1(COc2cccc(CS(=O)(=O)Cl)c2)COC1. The molecule has 1 aliphatic heterocycles. The first-order valence-corrected chi connectivity index (χ1v) is 8.06. The lowest BCUT2D eigenvalue weighted by molar-refractivity contribution is -0.120. The van der Waals surface area contributed by atoms with Crippen molar-refractivity contribution in [1.29, 1.82) is 0 Å². The van der Waals surface area contributed by atoms with E-state index in [1.165, 1.54) is 0 Å². The zero-order valence-corrected chi connectivity index (χ0v) is 11.6. The van der Waals surface area contributed by atoms with E-state index in [1.54, 1.807) is 24.3 Å². The minimum absolute atomic E-state index is 0.0641. The molecule has 2 rings (SSSR count). The normalized spacial score (nSPS) is 18.1. The molecule has 0 bridgehead atoms. The smallest absolute Gasteiger partial charge is 0.236 e. The van der Waals surface area contributed by atoms with Crippen LogP contribution in [0.1, 0.15) is 12.5 Å². The van der Waals surface area contributed by atoms with Gasteiger partial charge in [-0.3, -0.25) is 0 Å². The van der Waals surface area contributed by atoms with Gasteiger partial charge < -0.3 is 9.47 Å². The van der Waals surface area contributed by atoms with Crippen LogP contribution in [0.15, 0.2) is 24.3 Å². The molecule has 1 aromatic rings. The fraction of sp³-hybridized carbons (Fsp3) is 0.500. The zero-order valence-electron chi connectivity index (χ0n) is 10.1. The lowest BCUT2D eigenvalue weighted by Crippen LogP contribution is -2.44. The van der Waals surface area contributed by atoms with Crippen LogP contribution < -0.4 is 4.74 Å². The first-order chi connectivity index (χ1) is 8.36. The summed E-state index contributed by atoms with van der Waals surface area (Å²) in [4.78, 5) is 0. The Labute approximate surface area is 111 Å². The standard InChI is InChI=1S/C12H15ClO4S/c1-12(7-16-8-12)9-17-11-4-2-3-10(5-11)6-18(13,14)15/h2-5H,6-9H2,1H3. The summed E-state index contributed by atoms with van der Waals surface area (Å²) >= 11 is 0. The second kappa shape index (κ2) is 5.07. The summed E-state index contributed by atoms with van der Waals surface area (Å²) in [5, 5.41) is 0. The van der Waals surface area contributed by atoms with Gasteiger partial charge in [-0.05, 0) is 17.7 Å². The first kappa shape index (κ1) is 13.6. The van der Waals surface area contributed by atoms with E-state index in [2.05, 4.69) is 6.92 Å². The molecule has 0 unspecified atom stereocenters. The van der Waals surface area contributed by atoms with E-state index < -0.39 is 9.05 Å². The quantitative estimate of drug-likeness (QED) is 0.780. The van der Waals surface area contributed by atoms with E-state index in [4.69, 9.17) is 20.2 Å². The lowest BCUT2D eigenvalue weighted by atomic mass is 9.90. The maximum absolute atomic E-state index is 11.0. The van der Waals surface area contributed by atoms with Gasteiger partial charge in [0.05, 0.1) is 25.6 Å². The summed E-state index contributed by atoms with van der Waals surface area (Å²) in [7, 11) is 1.68. The fourth-order valence-electron chi connectivity index (χ4n) is 1.72.